The average Bonchev–Trinajstić information content (AvgIpc) is 2.73. The van der Waals surface area contributed by atoms with Gasteiger partial charge in [-0.15, -0.1) is 0 Å². The van der Waals surface area contributed by atoms with Crippen LogP contribution in [0.2, 0.25) is 0 Å². The maximum absolute atomic E-state index is 13.6. The molecule has 2 atom stereocenters. The Morgan fingerprint density at radius 3 is 2.85 bits per heavy atom. The highest BCUT2D eigenvalue weighted by Gasteiger charge is 2.34. The van der Waals surface area contributed by atoms with Crippen LogP contribution in [-0.2, 0) is 0 Å². The standard InChI is InChI=1S/C20H23FN4OS/c21-18-10-22-20(23-19(18)14-27)25-9-8-24-11-15(6-7-16(24)12-25)13-26-17-4-2-1-3-5-17/h1-5,10,14-16H,6-9,11-13H2. The van der Waals surface area contributed by atoms with Gasteiger partial charge in [0.05, 0.1) is 12.8 Å². The first-order valence-electron chi connectivity index (χ1n) is 9.37. The third kappa shape index (κ3) is 4.25. The Hall–Kier alpha value is -2.12. The normalized spacial score (nSPS) is 22.9. The second kappa shape index (κ2) is 8.27. The number of halogens is 1. The molecular weight excluding hydrogens is 363 g/mol. The molecule has 2 fully saturated rings. The fourth-order valence-corrected chi connectivity index (χ4v) is 4.08. The van der Waals surface area contributed by atoms with Crippen LogP contribution < -0.4 is 9.64 Å². The number of hydrogen-bond acceptors (Lipinski definition) is 6. The Bertz CT molecular complexity index is 791. The lowest BCUT2D eigenvalue weighted by molar-refractivity contribution is 0.0725. The van der Waals surface area contributed by atoms with Gasteiger partial charge < -0.3 is 9.64 Å². The summed E-state index contributed by atoms with van der Waals surface area (Å²) in [7, 11) is 0. The lowest BCUT2D eigenvalue weighted by Crippen LogP contribution is -2.57. The van der Waals surface area contributed by atoms with Crippen LogP contribution in [0, 0.1) is 11.7 Å². The van der Waals surface area contributed by atoms with Crippen molar-refractivity contribution in [2.75, 3.05) is 37.7 Å². The van der Waals surface area contributed by atoms with Crippen molar-refractivity contribution in [2.45, 2.75) is 18.9 Å². The first-order chi connectivity index (χ1) is 13.2. The van der Waals surface area contributed by atoms with Gasteiger partial charge >= 0.3 is 0 Å². The van der Waals surface area contributed by atoms with Crippen molar-refractivity contribution >= 4 is 23.5 Å². The Kier molecular flexibility index (Phi) is 5.59. The van der Waals surface area contributed by atoms with Crippen molar-refractivity contribution in [3.63, 3.8) is 0 Å². The second-order valence-electron chi connectivity index (χ2n) is 7.18. The van der Waals surface area contributed by atoms with Gasteiger partial charge in [-0.25, -0.2) is 14.4 Å². The summed E-state index contributed by atoms with van der Waals surface area (Å²) in [6.07, 6.45) is 3.49. The maximum Gasteiger partial charge on any atom is 0.226 e. The van der Waals surface area contributed by atoms with Crippen LogP contribution in [0.1, 0.15) is 18.5 Å². The van der Waals surface area contributed by atoms with Crippen LogP contribution in [0.15, 0.2) is 36.5 Å². The van der Waals surface area contributed by atoms with Crippen molar-refractivity contribution in [2.24, 2.45) is 5.92 Å². The van der Waals surface area contributed by atoms with Gasteiger partial charge in [-0.1, -0.05) is 30.4 Å². The first kappa shape index (κ1) is 18.3. The first-order valence-corrected chi connectivity index (χ1v) is 9.84. The molecule has 1 aromatic heterocycles. The Morgan fingerprint density at radius 1 is 1.19 bits per heavy atom. The van der Waals surface area contributed by atoms with E-state index in [2.05, 4.69) is 19.8 Å². The molecule has 2 aromatic rings. The van der Waals surface area contributed by atoms with Crippen molar-refractivity contribution in [3.8, 4) is 5.75 Å². The van der Waals surface area contributed by atoms with E-state index in [9.17, 15) is 4.39 Å². The molecule has 0 bridgehead atoms. The summed E-state index contributed by atoms with van der Waals surface area (Å²) < 4.78 is 19.5. The highest BCUT2D eigenvalue weighted by atomic mass is 32.1. The molecule has 2 aliphatic rings. The van der Waals surface area contributed by atoms with Gasteiger partial charge in [0.1, 0.15) is 11.4 Å². The zero-order valence-corrected chi connectivity index (χ0v) is 15.9. The number of fused-ring (bicyclic) bond motifs is 1. The number of ether oxygens (including phenoxy) is 1. The van der Waals surface area contributed by atoms with Gasteiger partial charge in [0, 0.05) is 43.5 Å². The number of thiocarbonyl (C=S) groups is 1. The summed E-state index contributed by atoms with van der Waals surface area (Å²) >= 11 is 4.84. The van der Waals surface area contributed by atoms with Crippen molar-refractivity contribution in [1.82, 2.24) is 14.9 Å². The van der Waals surface area contributed by atoms with Gasteiger partial charge in [0.2, 0.25) is 5.95 Å². The number of piperidine rings is 1. The number of aromatic nitrogens is 2. The molecule has 2 unspecified atom stereocenters. The smallest absolute Gasteiger partial charge is 0.226 e. The quantitative estimate of drug-likeness (QED) is 0.736. The molecule has 2 aliphatic heterocycles. The van der Waals surface area contributed by atoms with Crippen molar-refractivity contribution < 1.29 is 9.13 Å². The van der Waals surface area contributed by atoms with Gasteiger partial charge in [-0.2, -0.15) is 0 Å². The predicted molar refractivity (Wildman–Crippen MR) is 107 cm³/mol. The van der Waals surface area contributed by atoms with E-state index in [0.29, 0.717) is 17.9 Å². The molecule has 5 nitrogen and oxygen atoms in total. The van der Waals surface area contributed by atoms with Crippen LogP contribution in [-0.4, -0.2) is 59.1 Å². The van der Waals surface area contributed by atoms with Gasteiger partial charge in [-0.05, 0) is 25.0 Å². The molecule has 0 spiro atoms. The lowest BCUT2D eigenvalue weighted by atomic mass is 9.91. The summed E-state index contributed by atoms with van der Waals surface area (Å²) in [4.78, 5) is 13.1. The minimum absolute atomic E-state index is 0.194. The summed E-state index contributed by atoms with van der Waals surface area (Å²) in [6.45, 7) is 4.48. The van der Waals surface area contributed by atoms with Crippen LogP contribution in [0.3, 0.4) is 0 Å². The van der Waals surface area contributed by atoms with E-state index in [1.54, 1.807) is 0 Å². The number of benzene rings is 1. The van der Waals surface area contributed by atoms with E-state index in [0.717, 1.165) is 51.4 Å². The fourth-order valence-electron chi connectivity index (χ4n) is 3.91. The molecule has 27 heavy (non-hydrogen) atoms. The molecule has 7 heteroatoms. The number of rotatable bonds is 5. The monoisotopic (exact) mass is 386 g/mol. The zero-order chi connectivity index (χ0) is 18.6. The molecule has 0 aliphatic carbocycles. The largest absolute Gasteiger partial charge is 0.493 e. The predicted octanol–water partition coefficient (Wildman–Crippen LogP) is 2.94. The van der Waals surface area contributed by atoms with Gasteiger partial charge in [0.25, 0.3) is 0 Å². The summed E-state index contributed by atoms with van der Waals surface area (Å²) in [5.41, 5.74) is 0.194. The average molecular weight is 386 g/mol. The molecule has 4 rings (SSSR count). The van der Waals surface area contributed by atoms with E-state index in [1.807, 2.05) is 30.3 Å². The fraction of sp³-hybridized carbons (Fsp3) is 0.450. The summed E-state index contributed by atoms with van der Waals surface area (Å²) in [5, 5.41) is 1.27. The number of piperazine rings is 1. The second-order valence-corrected chi connectivity index (χ2v) is 7.42. The van der Waals surface area contributed by atoms with E-state index in [1.165, 1.54) is 11.6 Å². The van der Waals surface area contributed by atoms with E-state index in [4.69, 9.17) is 17.0 Å². The topological polar surface area (TPSA) is 41.5 Å². The SMILES string of the molecule is Fc1cnc(N2CCN3CC(COc4ccccc4)CCC3C2)nc1C=S. The van der Waals surface area contributed by atoms with E-state index < -0.39 is 5.82 Å². The van der Waals surface area contributed by atoms with Gasteiger partial charge in [0.15, 0.2) is 5.82 Å². The molecular formula is C20H23FN4OS. The zero-order valence-electron chi connectivity index (χ0n) is 15.1. The Balaban J connectivity index is 1.33. The number of para-hydroxylation sites is 1. The van der Waals surface area contributed by atoms with Crippen LogP contribution in [0.4, 0.5) is 10.3 Å². The van der Waals surface area contributed by atoms with Crippen molar-refractivity contribution in [3.05, 3.63) is 48.0 Å². The maximum atomic E-state index is 13.6. The Morgan fingerprint density at radius 2 is 2.04 bits per heavy atom. The van der Waals surface area contributed by atoms with Crippen LogP contribution in [0.5, 0.6) is 5.75 Å². The molecule has 0 radical (unpaired) electrons. The summed E-state index contributed by atoms with van der Waals surface area (Å²) in [6, 6.07) is 10.5. The van der Waals surface area contributed by atoms with E-state index >= 15 is 0 Å². The van der Waals surface area contributed by atoms with Crippen LogP contribution in [0.25, 0.3) is 0 Å². The number of nitrogens with zero attached hydrogens (tertiary/aromatic N) is 4. The Labute approximate surface area is 164 Å². The number of hydrogen-bond donors (Lipinski definition) is 0. The number of anilines is 1. The summed E-state index contributed by atoms with van der Waals surface area (Å²) in [5.74, 6) is 1.59. The molecule has 142 valence electrons. The lowest BCUT2D eigenvalue weighted by Gasteiger charge is -2.46. The third-order valence-corrected chi connectivity index (χ3v) is 5.61. The highest BCUT2D eigenvalue weighted by molar-refractivity contribution is 7.79. The molecule has 1 aromatic carbocycles. The molecule has 3 heterocycles. The highest BCUT2D eigenvalue weighted by Crippen LogP contribution is 2.27. The molecule has 0 amide bonds. The minimum Gasteiger partial charge on any atom is -0.493 e. The molecule has 2 saturated heterocycles. The van der Waals surface area contributed by atoms with Crippen LogP contribution >= 0.6 is 12.2 Å². The van der Waals surface area contributed by atoms with Crippen molar-refractivity contribution in [1.29, 1.82) is 0 Å². The minimum atomic E-state index is -0.466. The molecule has 0 N–H and O–H groups in total. The third-order valence-electron chi connectivity index (χ3n) is 5.39. The molecule has 0 saturated carbocycles. The van der Waals surface area contributed by atoms with E-state index in [-0.39, 0.29) is 5.69 Å². The van der Waals surface area contributed by atoms with Gasteiger partial charge in [-0.3, -0.25) is 4.90 Å².